The number of nitrogens with one attached hydrogen (secondary N) is 2. The Morgan fingerprint density at radius 1 is 1.06 bits per heavy atom. The predicted octanol–water partition coefficient (Wildman–Crippen LogP) is 5.60. The fourth-order valence-corrected chi connectivity index (χ4v) is 3.25. The summed E-state index contributed by atoms with van der Waals surface area (Å²) in [6.07, 6.45) is 0. The first-order valence-electron chi connectivity index (χ1n) is 9.89. The number of ether oxygens (including phenoxy) is 2. The van der Waals surface area contributed by atoms with Crippen LogP contribution in [0, 0.1) is 15.9 Å². The zero-order valence-electron chi connectivity index (χ0n) is 17.8. The van der Waals surface area contributed by atoms with Crippen LogP contribution in [0.5, 0.6) is 11.5 Å². The third-order valence-corrected chi connectivity index (χ3v) is 5.04. The molecule has 0 atom stereocenters. The van der Waals surface area contributed by atoms with E-state index in [9.17, 15) is 14.5 Å². The van der Waals surface area contributed by atoms with E-state index in [1.54, 1.807) is 31.4 Å². The van der Waals surface area contributed by atoms with Crippen LogP contribution in [0.25, 0.3) is 0 Å². The number of non-ortho nitro benzene ring substituents is 1. The van der Waals surface area contributed by atoms with Gasteiger partial charge in [-0.15, -0.1) is 12.4 Å². The van der Waals surface area contributed by atoms with Gasteiger partial charge in [0.25, 0.3) is 5.69 Å². The molecule has 2 N–H and O–H groups in total. The smallest absolute Gasteiger partial charge is 0.269 e. The van der Waals surface area contributed by atoms with Crippen LogP contribution < -0.4 is 20.1 Å². The van der Waals surface area contributed by atoms with Gasteiger partial charge in [-0.25, -0.2) is 4.39 Å². The fraction of sp³-hybridized carbons (Fsp3) is 0.217. The minimum absolute atomic E-state index is 0. The monoisotopic (exact) mass is 495 g/mol. The summed E-state index contributed by atoms with van der Waals surface area (Å²) in [4.78, 5) is 10.3. The van der Waals surface area contributed by atoms with Crippen LogP contribution in [0.15, 0.2) is 60.7 Å². The number of halogens is 3. The number of para-hydroxylation sites is 1. The number of nitro benzene ring substituents is 1. The number of hydrogen-bond acceptors (Lipinski definition) is 6. The molecule has 0 aliphatic rings. The molecular formula is C23H24Cl2FN3O4. The quantitative estimate of drug-likeness (QED) is 0.204. The maximum absolute atomic E-state index is 13.3. The summed E-state index contributed by atoms with van der Waals surface area (Å²) in [6.45, 7) is 1.99. The number of hydrogen-bond donors (Lipinski definition) is 2. The normalized spacial score (nSPS) is 10.3. The maximum atomic E-state index is 13.3. The molecule has 0 aliphatic heterocycles. The van der Waals surface area contributed by atoms with E-state index in [1.165, 1.54) is 24.3 Å². The van der Waals surface area contributed by atoms with E-state index in [1.807, 2.05) is 12.1 Å². The van der Waals surface area contributed by atoms with E-state index in [0.29, 0.717) is 41.7 Å². The standard InChI is InChI=1S/C23H23ClFN3O4.ClH/c1-31-22-4-2-3-16(23(22)32-15-17-5-6-18(25)13-21(17)24)14-26-11-12-27-19-7-9-20(10-8-19)28(29)30;/h2-10,13,26-27H,11-12,14-15H2,1H3;1H. The molecule has 10 heteroatoms. The molecule has 0 bridgehead atoms. The van der Waals surface area contributed by atoms with Crippen molar-refractivity contribution in [3.63, 3.8) is 0 Å². The number of benzene rings is 3. The molecule has 0 amide bonds. The molecule has 0 radical (unpaired) electrons. The van der Waals surface area contributed by atoms with Gasteiger partial charge in [-0.1, -0.05) is 29.8 Å². The van der Waals surface area contributed by atoms with Gasteiger partial charge >= 0.3 is 0 Å². The summed E-state index contributed by atoms with van der Waals surface area (Å²) in [5.41, 5.74) is 2.43. The van der Waals surface area contributed by atoms with Gasteiger partial charge < -0.3 is 20.1 Å². The molecule has 0 aromatic heterocycles. The zero-order valence-corrected chi connectivity index (χ0v) is 19.4. The van der Waals surface area contributed by atoms with Crippen LogP contribution in [0.3, 0.4) is 0 Å². The lowest BCUT2D eigenvalue weighted by molar-refractivity contribution is -0.384. The number of anilines is 1. The molecule has 0 aliphatic carbocycles. The van der Waals surface area contributed by atoms with Crippen molar-refractivity contribution in [2.45, 2.75) is 13.2 Å². The molecule has 33 heavy (non-hydrogen) atoms. The molecule has 0 saturated heterocycles. The average molecular weight is 496 g/mol. The highest BCUT2D eigenvalue weighted by atomic mass is 35.5. The second kappa shape index (κ2) is 12.8. The largest absolute Gasteiger partial charge is 0.493 e. The van der Waals surface area contributed by atoms with Gasteiger partial charge in [-0.3, -0.25) is 10.1 Å². The van der Waals surface area contributed by atoms with Crippen LogP contribution >= 0.6 is 24.0 Å². The fourth-order valence-electron chi connectivity index (χ4n) is 3.03. The molecule has 0 saturated carbocycles. The third kappa shape index (κ3) is 7.49. The van der Waals surface area contributed by atoms with Gasteiger partial charge in [0.05, 0.1) is 17.1 Å². The zero-order chi connectivity index (χ0) is 22.9. The minimum Gasteiger partial charge on any atom is -0.493 e. The second-order valence-electron chi connectivity index (χ2n) is 6.88. The molecule has 0 heterocycles. The molecular weight excluding hydrogens is 472 g/mol. The Labute approximate surface area is 202 Å². The van der Waals surface area contributed by atoms with E-state index < -0.39 is 10.7 Å². The number of rotatable bonds is 11. The van der Waals surface area contributed by atoms with E-state index in [2.05, 4.69) is 10.6 Å². The Balaban J connectivity index is 0.00000385. The summed E-state index contributed by atoms with van der Waals surface area (Å²) in [5, 5.41) is 17.5. The van der Waals surface area contributed by atoms with E-state index in [-0.39, 0.29) is 24.7 Å². The molecule has 3 rings (SSSR count). The van der Waals surface area contributed by atoms with Crippen molar-refractivity contribution < 1.29 is 18.8 Å². The van der Waals surface area contributed by atoms with Crippen molar-refractivity contribution in [2.24, 2.45) is 0 Å². The SMILES string of the molecule is COc1cccc(CNCCNc2ccc([N+](=O)[O-])cc2)c1OCc1ccc(F)cc1Cl.Cl. The maximum Gasteiger partial charge on any atom is 0.269 e. The summed E-state index contributed by atoms with van der Waals surface area (Å²) in [6, 6.07) is 16.1. The molecule has 0 fully saturated rings. The highest BCUT2D eigenvalue weighted by Crippen LogP contribution is 2.32. The van der Waals surface area contributed by atoms with E-state index in [4.69, 9.17) is 21.1 Å². The van der Waals surface area contributed by atoms with Gasteiger partial charge in [0.15, 0.2) is 11.5 Å². The van der Waals surface area contributed by atoms with Gasteiger partial charge in [-0.05, 0) is 30.3 Å². The molecule has 0 spiro atoms. The van der Waals surface area contributed by atoms with Crippen LogP contribution in [0.4, 0.5) is 15.8 Å². The Bertz CT molecular complexity index is 1070. The summed E-state index contributed by atoms with van der Waals surface area (Å²) in [5.74, 6) is 0.779. The van der Waals surface area contributed by atoms with Crippen molar-refractivity contribution in [1.82, 2.24) is 5.32 Å². The molecule has 176 valence electrons. The topological polar surface area (TPSA) is 85.7 Å². The summed E-state index contributed by atoms with van der Waals surface area (Å²) in [7, 11) is 1.57. The van der Waals surface area contributed by atoms with E-state index in [0.717, 1.165) is 11.3 Å². The van der Waals surface area contributed by atoms with Crippen LogP contribution in [-0.2, 0) is 13.2 Å². The lowest BCUT2D eigenvalue weighted by Crippen LogP contribution is -2.22. The summed E-state index contributed by atoms with van der Waals surface area (Å²) >= 11 is 6.10. The van der Waals surface area contributed by atoms with Crippen molar-refractivity contribution >= 4 is 35.4 Å². The van der Waals surface area contributed by atoms with Crippen molar-refractivity contribution in [3.05, 3.63) is 92.7 Å². The average Bonchev–Trinajstić information content (AvgIpc) is 2.79. The Morgan fingerprint density at radius 2 is 1.82 bits per heavy atom. The predicted molar refractivity (Wildman–Crippen MR) is 129 cm³/mol. The molecule has 0 unspecified atom stereocenters. The van der Waals surface area contributed by atoms with Gasteiger partial charge in [-0.2, -0.15) is 0 Å². The molecule has 7 nitrogen and oxygen atoms in total. The van der Waals surface area contributed by atoms with Crippen LogP contribution in [-0.4, -0.2) is 25.1 Å². The lowest BCUT2D eigenvalue weighted by Gasteiger charge is -2.16. The lowest BCUT2D eigenvalue weighted by atomic mass is 10.1. The minimum atomic E-state index is -0.427. The van der Waals surface area contributed by atoms with Crippen molar-refractivity contribution in [1.29, 1.82) is 0 Å². The highest BCUT2D eigenvalue weighted by Gasteiger charge is 2.12. The second-order valence-corrected chi connectivity index (χ2v) is 7.29. The first-order valence-corrected chi connectivity index (χ1v) is 10.3. The number of methoxy groups -OCH3 is 1. The first kappa shape index (κ1) is 26.2. The van der Waals surface area contributed by atoms with Crippen molar-refractivity contribution in [2.75, 3.05) is 25.5 Å². The van der Waals surface area contributed by atoms with Gasteiger partial charge in [0.1, 0.15) is 12.4 Å². The van der Waals surface area contributed by atoms with Crippen molar-refractivity contribution in [3.8, 4) is 11.5 Å². The van der Waals surface area contributed by atoms with Crippen LogP contribution in [0.1, 0.15) is 11.1 Å². The third-order valence-electron chi connectivity index (χ3n) is 4.69. The van der Waals surface area contributed by atoms with Crippen LogP contribution in [0.2, 0.25) is 5.02 Å². The Morgan fingerprint density at radius 3 is 2.48 bits per heavy atom. The first-order chi connectivity index (χ1) is 15.5. The Hall–Kier alpha value is -3.07. The number of nitrogens with zero attached hydrogens (tertiary/aromatic N) is 1. The number of nitro groups is 1. The Kier molecular flexibility index (Phi) is 10.2. The van der Waals surface area contributed by atoms with Gasteiger partial charge in [0.2, 0.25) is 0 Å². The molecule has 3 aromatic rings. The summed E-state index contributed by atoms with van der Waals surface area (Å²) < 4.78 is 24.7. The van der Waals surface area contributed by atoms with Gasteiger partial charge in [0, 0.05) is 48.6 Å². The highest BCUT2D eigenvalue weighted by molar-refractivity contribution is 6.31. The van der Waals surface area contributed by atoms with E-state index >= 15 is 0 Å². The molecule has 3 aromatic carbocycles.